The Hall–Kier alpha value is -0.500. The zero-order valence-electron chi connectivity index (χ0n) is 8.09. The predicted octanol–water partition coefficient (Wildman–Crippen LogP) is 3.40. The summed E-state index contributed by atoms with van der Waals surface area (Å²) < 4.78 is 5.66. The molecule has 0 aliphatic heterocycles. The van der Waals surface area contributed by atoms with E-state index < -0.39 is 0 Å². The van der Waals surface area contributed by atoms with Gasteiger partial charge in [0.25, 0.3) is 0 Å². The number of rotatable bonds is 4. The van der Waals surface area contributed by atoms with Crippen LogP contribution in [0.1, 0.15) is 12.5 Å². The molecule has 1 rings (SSSR count). The van der Waals surface area contributed by atoms with Gasteiger partial charge in [0.2, 0.25) is 0 Å². The second-order valence-electron chi connectivity index (χ2n) is 3.34. The van der Waals surface area contributed by atoms with E-state index in [0.717, 1.165) is 17.7 Å². The zero-order valence-corrected chi connectivity index (χ0v) is 9.67. The highest BCUT2D eigenvalue weighted by atomic mass is 79.9. The molecule has 13 heavy (non-hydrogen) atoms. The summed E-state index contributed by atoms with van der Waals surface area (Å²) in [5.74, 6) is 1.55. The Kier molecular flexibility index (Phi) is 4.29. The van der Waals surface area contributed by atoms with Crippen molar-refractivity contribution in [2.24, 2.45) is 5.92 Å². The molecule has 0 N–H and O–H groups in total. The summed E-state index contributed by atoms with van der Waals surface area (Å²) in [7, 11) is 0. The Morgan fingerprint density at radius 3 is 2.69 bits per heavy atom. The maximum absolute atomic E-state index is 5.66. The molecule has 0 aliphatic rings. The van der Waals surface area contributed by atoms with Gasteiger partial charge in [0, 0.05) is 5.33 Å². The number of alkyl halides is 1. The molecule has 0 heterocycles. The highest BCUT2D eigenvalue weighted by Gasteiger charge is 2.02. The van der Waals surface area contributed by atoms with Gasteiger partial charge < -0.3 is 4.74 Å². The van der Waals surface area contributed by atoms with Crippen LogP contribution in [0.4, 0.5) is 0 Å². The number of para-hydroxylation sites is 1. The van der Waals surface area contributed by atoms with Crippen molar-refractivity contribution in [3.63, 3.8) is 0 Å². The van der Waals surface area contributed by atoms with Gasteiger partial charge in [-0.15, -0.1) is 0 Å². The molecule has 1 aromatic rings. The van der Waals surface area contributed by atoms with E-state index in [0.29, 0.717) is 5.92 Å². The van der Waals surface area contributed by atoms with Crippen molar-refractivity contribution < 1.29 is 4.74 Å². The first-order valence-corrected chi connectivity index (χ1v) is 5.60. The smallest absolute Gasteiger partial charge is 0.122 e. The first kappa shape index (κ1) is 10.6. The Labute approximate surface area is 88.2 Å². The molecule has 0 saturated heterocycles. The maximum atomic E-state index is 5.66. The monoisotopic (exact) mass is 242 g/mol. The molecule has 1 atom stereocenters. The van der Waals surface area contributed by atoms with Gasteiger partial charge in [0.15, 0.2) is 0 Å². The minimum absolute atomic E-state index is 0.555. The summed E-state index contributed by atoms with van der Waals surface area (Å²) in [6.07, 6.45) is 0. The molecule has 72 valence electrons. The second-order valence-corrected chi connectivity index (χ2v) is 3.98. The molecule has 0 amide bonds. The Morgan fingerprint density at radius 2 is 2.08 bits per heavy atom. The van der Waals surface area contributed by atoms with Gasteiger partial charge in [0.1, 0.15) is 5.75 Å². The van der Waals surface area contributed by atoms with Crippen molar-refractivity contribution in [1.82, 2.24) is 0 Å². The SMILES string of the molecule is Cc1ccccc1OCC(C)CBr. The third kappa shape index (κ3) is 3.39. The van der Waals surface area contributed by atoms with Crippen molar-refractivity contribution in [2.75, 3.05) is 11.9 Å². The van der Waals surface area contributed by atoms with E-state index in [1.54, 1.807) is 0 Å². The first-order valence-electron chi connectivity index (χ1n) is 4.48. The molecule has 1 unspecified atom stereocenters. The van der Waals surface area contributed by atoms with Crippen LogP contribution in [0.2, 0.25) is 0 Å². The van der Waals surface area contributed by atoms with E-state index in [1.165, 1.54) is 5.56 Å². The third-order valence-electron chi connectivity index (χ3n) is 1.88. The first-order chi connectivity index (χ1) is 6.24. The molecular weight excluding hydrogens is 228 g/mol. The summed E-state index contributed by atoms with van der Waals surface area (Å²) in [5.41, 5.74) is 1.20. The van der Waals surface area contributed by atoms with E-state index in [-0.39, 0.29) is 0 Å². The highest BCUT2D eigenvalue weighted by molar-refractivity contribution is 9.09. The van der Waals surface area contributed by atoms with Crippen molar-refractivity contribution in [3.05, 3.63) is 29.8 Å². The van der Waals surface area contributed by atoms with Crippen LogP contribution < -0.4 is 4.74 Å². The van der Waals surface area contributed by atoms with Crippen LogP contribution >= 0.6 is 15.9 Å². The molecule has 0 spiro atoms. The molecule has 0 bridgehead atoms. The highest BCUT2D eigenvalue weighted by Crippen LogP contribution is 2.17. The van der Waals surface area contributed by atoms with E-state index in [9.17, 15) is 0 Å². The van der Waals surface area contributed by atoms with Crippen LogP contribution in [0.5, 0.6) is 5.75 Å². The van der Waals surface area contributed by atoms with Gasteiger partial charge in [0.05, 0.1) is 6.61 Å². The fraction of sp³-hybridized carbons (Fsp3) is 0.455. The second kappa shape index (κ2) is 5.28. The quantitative estimate of drug-likeness (QED) is 0.736. The molecule has 2 heteroatoms. The number of aryl methyl sites for hydroxylation is 1. The Morgan fingerprint density at radius 1 is 1.38 bits per heavy atom. The number of hydrogen-bond acceptors (Lipinski definition) is 1. The van der Waals surface area contributed by atoms with Gasteiger partial charge in [-0.05, 0) is 24.5 Å². The van der Waals surface area contributed by atoms with Crippen LogP contribution in [-0.2, 0) is 0 Å². The standard InChI is InChI=1S/C11H15BrO/c1-9(7-12)8-13-11-6-4-3-5-10(11)2/h3-6,9H,7-8H2,1-2H3. The predicted molar refractivity (Wildman–Crippen MR) is 59.6 cm³/mol. The molecular formula is C11H15BrO. The molecule has 0 aliphatic carbocycles. The summed E-state index contributed by atoms with van der Waals surface area (Å²) in [6.45, 7) is 5.00. The molecule has 0 radical (unpaired) electrons. The number of hydrogen-bond donors (Lipinski definition) is 0. The molecule has 0 saturated carbocycles. The third-order valence-corrected chi connectivity index (χ3v) is 2.99. The van der Waals surface area contributed by atoms with Gasteiger partial charge in [-0.3, -0.25) is 0 Å². The number of benzene rings is 1. The largest absolute Gasteiger partial charge is 0.493 e. The Bertz CT molecular complexity index is 260. The lowest BCUT2D eigenvalue weighted by Crippen LogP contribution is -2.09. The Balaban J connectivity index is 2.50. The number of ether oxygens (including phenoxy) is 1. The van der Waals surface area contributed by atoms with Crippen LogP contribution in [0.3, 0.4) is 0 Å². The van der Waals surface area contributed by atoms with Crippen molar-refractivity contribution in [1.29, 1.82) is 0 Å². The fourth-order valence-electron chi connectivity index (χ4n) is 0.995. The summed E-state index contributed by atoms with van der Waals surface area (Å²) in [4.78, 5) is 0. The lowest BCUT2D eigenvalue weighted by molar-refractivity contribution is 0.272. The minimum Gasteiger partial charge on any atom is -0.493 e. The molecule has 1 nitrogen and oxygen atoms in total. The number of halogens is 1. The van der Waals surface area contributed by atoms with E-state index in [2.05, 4.69) is 35.8 Å². The summed E-state index contributed by atoms with van der Waals surface area (Å²) in [5, 5.41) is 0.985. The van der Waals surface area contributed by atoms with E-state index in [1.807, 2.05) is 18.2 Å². The van der Waals surface area contributed by atoms with Crippen LogP contribution in [0, 0.1) is 12.8 Å². The summed E-state index contributed by atoms with van der Waals surface area (Å²) in [6, 6.07) is 8.10. The maximum Gasteiger partial charge on any atom is 0.122 e. The van der Waals surface area contributed by atoms with E-state index in [4.69, 9.17) is 4.74 Å². The van der Waals surface area contributed by atoms with E-state index >= 15 is 0 Å². The normalized spacial score (nSPS) is 12.5. The van der Waals surface area contributed by atoms with Crippen molar-refractivity contribution in [2.45, 2.75) is 13.8 Å². The molecule has 0 aromatic heterocycles. The topological polar surface area (TPSA) is 9.23 Å². The lowest BCUT2D eigenvalue weighted by Gasteiger charge is -2.11. The molecule has 1 aromatic carbocycles. The van der Waals surface area contributed by atoms with Crippen LogP contribution in [0.15, 0.2) is 24.3 Å². The van der Waals surface area contributed by atoms with Gasteiger partial charge in [-0.25, -0.2) is 0 Å². The molecule has 0 fully saturated rings. The van der Waals surface area contributed by atoms with Crippen LogP contribution in [-0.4, -0.2) is 11.9 Å². The fourth-order valence-corrected chi connectivity index (χ4v) is 1.18. The van der Waals surface area contributed by atoms with Gasteiger partial charge in [-0.2, -0.15) is 0 Å². The van der Waals surface area contributed by atoms with Gasteiger partial charge in [-0.1, -0.05) is 41.1 Å². The van der Waals surface area contributed by atoms with Crippen LogP contribution in [0.25, 0.3) is 0 Å². The zero-order chi connectivity index (χ0) is 9.68. The average molecular weight is 243 g/mol. The average Bonchev–Trinajstić information content (AvgIpc) is 2.16. The minimum atomic E-state index is 0.555. The van der Waals surface area contributed by atoms with Gasteiger partial charge >= 0.3 is 0 Å². The van der Waals surface area contributed by atoms with Crippen molar-refractivity contribution >= 4 is 15.9 Å². The lowest BCUT2D eigenvalue weighted by atomic mass is 10.2. The summed E-state index contributed by atoms with van der Waals surface area (Å²) >= 11 is 3.43. The van der Waals surface area contributed by atoms with Crippen molar-refractivity contribution in [3.8, 4) is 5.75 Å².